The van der Waals surface area contributed by atoms with Crippen LogP contribution in [-0.4, -0.2) is 29.7 Å². The van der Waals surface area contributed by atoms with E-state index >= 15 is 0 Å². The first-order chi connectivity index (χ1) is 8.54. The maximum absolute atomic E-state index is 13.8. The van der Waals surface area contributed by atoms with Crippen molar-refractivity contribution in [2.45, 2.75) is 32.9 Å². The van der Waals surface area contributed by atoms with Gasteiger partial charge in [-0.1, -0.05) is 17.9 Å². The second kappa shape index (κ2) is 7.15. The van der Waals surface area contributed by atoms with Gasteiger partial charge in [0.1, 0.15) is 5.82 Å². The van der Waals surface area contributed by atoms with Crippen LogP contribution in [0.5, 0.6) is 0 Å². The van der Waals surface area contributed by atoms with Crippen molar-refractivity contribution in [1.29, 1.82) is 0 Å². The second-order valence-electron chi connectivity index (χ2n) is 4.59. The molecule has 0 aliphatic rings. The highest BCUT2D eigenvalue weighted by Crippen LogP contribution is 2.13. The van der Waals surface area contributed by atoms with E-state index in [1.165, 1.54) is 6.07 Å². The van der Waals surface area contributed by atoms with E-state index < -0.39 is 0 Å². The Morgan fingerprint density at radius 2 is 2.11 bits per heavy atom. The zero-order valence-corrected chi connectivity index (χ0v) is 11.2. The maximum atomic E-state index is 13.8. The number of rotatable bonds is 4. The summed E-state index contributed by atoms with van der Waals surface area (Å²) in [6, 6.07) is 5.43. The summed E-state index contributed by atoms with van der Waals surface area (Å²) in [6.45, 7) is 4.78. The van der Waals surface area contributed by atoms with Crippen LogP contribution in [0.25, 0.3) is 0 Å². The summed E-state index contributed by atoms with van der Waals surface area (Å²) in [5.41, 5.74) is 1.33. The van der Waals surface area contributed by atoms with Crippen molar-refractivity contribution < 1.29 is 9.50 Å². The van der Waals surface area contributed by atoms with E-state index in [4.69, 9.17) is 5.11 Å². The normalized spacial score (nSPS) is 10.6. The molecule has 3 heteroatoms. The predicted octanol–water partition coefficient (Wildman–Crippen LogP) is 2.40. The summed E-state index contributed by atoms with van der Waals surface area (Å²) < 4.78 is 13.8. The SMILES string of the molecule is CC(C)N(C)Cc1ccc(C#CCCO)cc1F. The molecule has 2 nitrogen and oxygen atoms in total. The zero-order chi connectivity index (χ0) is 13.5. The van der Waals surface area contributed by atoms with Gasteiger partial charge in [-0.3, -0.25) is 4.90 Å². The van der Waals surface area contributed by atoms with Crippen LogP contribution < -0.4 is 0 Å². The summed E-state index contributed by atoms with van der Waals surface area (Å²) >= 11 is 0. The van der Waals surface area contributed by atoms with Crippen molar-refractivity contribution in [1.82, 2.24) is 4.90 Å². The molecule has 1 aromatic rings. The molecule has 1 N–H and O–H groups in total. The molecule has 0 aliphatic carbocycles. The fourth-order valence-corrected chi connectivity index (χ4v) is 1.43. The Morgan fingerprint density at radius 3 is 2.67 bits per heavy atom. The summed E-state index contributed by atoms with van der Waals surface area (Å²) in [7, 11) is 1.97. The Balaban J connectivity index is 2.77. The number of aliphatic hydroxyl groups is 1. The molecule has 0 saturated heterocycles. The fourth-order valence-electron chi connectivity index (χ4n) is 1.43. The number of hydrogen-bond donors (Lipinski definition) is 1. The van der Waals surface area contributed by atoms with Crippen molar-refractivity contribution in [2.75, 3.05) is 13.7 Å². The van der Waals surface area contributed by atoms with E-state index in [0.29, 0.717) is 30.1 Å². The summed E-state index contributed by atoms with van der Waals surface area (Å²) in [5.74, 6) is 5.38. The van der Waals surface area contributed by atoms with Gasteiger partial charge in [0.25, 0.3) is 0 Å². The molecule has 0 radical (unpaired) electrons. The van der Waals surface area contributed by atoms with Gasteiger partial charge in [-0.05, 0) is 33.0 Å². The van der Waals surface area contributed by atoms with Crippen molar-refractivity contribution in [3.63, 3.8) is 0 Å². The highest BCUT2D eigenvalue weighted by molar-refractivity contribution is 5.37. The standard InChI is InChI=1S/C15H20FNO/c1-12(2)17(3)11-14-8-7-13(10-15(14)16)6-4-5-9-18/h7-8,10,12,18H,5,9,11H2,1-3H3. The fraction of sp³-hybridized carbons (Fsp3) is 0.467. The molecule has 98 valence electrons. The average molecular weight is 249 g/mol. The lowest BCUT2D eigenvalue weighted by atomic mass is 10.1. The molecular formula is C15H20FNO. The Morgan fingerprint density at radius 1 is 1.39 bits per heavy atom. The van der Waals surface area contributed by atoms with Gasteiger partial charge < -0.3 is 5.11 Å². The van der Waals surface area contributed by atoms with Crippen LogP contribution in [0.15, 0.2) is 18.2 Å². The van der Waals surface area contributed by atoms with Crippen LogP contribution in [0.3, 0.4) is 0 Å². The number of halogens is 1. The minimum Gasteiger partial charge on any atom is -0.395 e. The van der Waals surface area contributed by atoms with Gasteiger partial charge >= 0.3 is 0 Å². The molecule has 0 heterocycles. The third-order valence-electron chi connectivity index (χ3n) is 2.82. The molecule has 0 amide bonds. The van der Waals surface area contributed by atoms with Gasteiger partial charge in [0.2, 0.25) is 0 Å². The molecule has 18 heavy (non-hydrogen) atoms. The van der Waals surface area contributed by atoms with Crippen LogP contribution in [0, 0.1) is 17.7 Å². The molecular weight excluding hydrogens is 229 g/mol. The minimum atomic E-state index is -0.224. The smallest absolute Gasteiger partial charge is 0.128 e. The van der Waals surface area contributed by atoms with Gasteiger partial charge in [0.05, 0.1) is 6.61 Å². The zero-order valence-electron chi connectivity index (χ0n) is 11.2. The van der Waals surface area contributed by atoms with Crippen LogP contribution in [0.2, 0.25) is 0 Å². The van der Waals surface area contributed by atoms with Crippen molar-refractivity contribution in [3.8, 4) is 11.8 Å². The Kier molecular flexibility index (Phi) is 5.84. The van der Waals surface area contributed by atoms with Gasteiger partial charge in [-0.2, -0.15) is 0 Å². The van der Waals surface area contributed by atoms with Gasteiger partial charge in [-0.15, -0.1) is 0 Å². The van der Waals surface area contributed by atoms with Gasteiger partial charge in [0.15, 0.2) is 0 Å². The molecule has 1 rings (SSSR count). The van der Waals surface area contributed by atoms with Gasteiger partial charge in [-0.25, -0.2) is 4.39 Å². The molecule has 0 aromatic heterocycles. The average Bonchev–Trinajstić information content (AvgIpc) is 2.32. The maximum Gasteiger partial charge on any atom is 0.128 e. The topological polar surface area (TPSA) is 23.5 Å². The van der Waals surface area contributed by atoms with E-state index in [1.807, 2.05) is 13.1 Å². The molecule has 0 atom stereocenters. The largest absolute Gasteiger partial charge is 0.395 e. The van der Waals surface area contributed by atoms with E-state index in [2.05, 4.69) is 30.6 Å². The lowest BCUT2D eigenvalue weighted by Gasteiger charge is -2.21. The number of benzene rings is 1. The lowest BCUT2D eigenvalue weighted by Crippen LogP contribution is -2.26. The van der Waals surface area contributed by atoms with Crippen LogP contribution >= 0.6 is 0 Å². The quantitative estimate of drug-likeness (QED) is 0.828. The molecule has 1 aromatic carbocycles. The molecule has 0 aliphatic heterocycles. The Hall–Kier alpha value is -1.37. The number of aliphatic hydroxyl groups excluding tert-OH is 1. The molecule has 0 spiro atoms. The van der Waals surface area contributed by atoms with E-state index in [0.717, 1.165) is 0 Å². The molecule has 0 fully saturated rings. The molecule has 0 bridgehead atoms. The summed E-state index contributed by atoms with van der Waals surface area (Å²) in [6.07, 6.45) is 0.416. The summed E-state index contributed by atoms with van der Waals surface area (Å²) in [5, 5.41) is 8.61. The van der Waals surface area contributed by atoms with Crippen molar-refractivity contribution in [3.05, 3.63) is 35.1 Å². The first-order valence-corrected chi connectivity index (χ1v) is 6.13. The molecule has 0 unspecified atom stereocenters. The number of hydrogen-bond acceptors (Lipinski definition) is 2. The van der Waals surface area contributed by atoms with E-state index in [9.17, 15) is 4.39 Å². The van der Waals surface area contributed by atoms with Crippen molar-refractivity contribution in [2.24, 2.45) is 0 Å². The Bertz CT molecular complexity index is 446. The Labute approximate surface area is 108 Å². The third kappa shape index (κ3) is 4.48. The number of nitrogens with zero attached hydrogens (tertiary/aromatic N) is 1. The summed E-state index contributed by atoms with van der Waals surface area (Å²) in [4.78, 5) is 2.08. The second-order valence-corrected chi connectivity index (χ2v) is 4.59. The molecule has 0 saturated carbocycles. The predicted molar refractivity (Wildman–Crippen MR) is 71.6 cm³/mol. The van der Waals surface area contributed by atoms with Crippen LogP contribution in [0.4, 0.5) is 4.39 Å². The van der Waals surface area contributed by atoms with E-state index in [1.54, 1.807) is 6.07 Å². The third-order valence-corrected chi connectivity index (χ3v) is 2.82. The van der Waals surface area contributed by atoms with Crippen molar-refractivity contribution >= 4 is 0 Å². The highest BCUT2D eigenvalue weighted by atomic mass is 19.1. The van der Waals surface area contributed by atoms with Gasteiger partial charge in [0, 0.05) is 30.1 Å². The lowest BCUT2D eigenvalue weighted by molar-refractivity contribution is 0.262. The minimum absolute atomic E-state index is 0.0345. The first-order valence-electron chi connectivity index (χ1n) is 6.13. The van der Waals surface area contributed by atoms with E-state index in [-0.39, 0.29) is 12.4 Å². The van der Waals surface area contributed by atoms with Crippen LogP contribution in [0.1, 0.15) is 31.4 Å². The highest BCUT2D eigenvalue weighted by Gasteiger charge is 2.08. The first kappa shape index (κ1) is 14.7. The van der Waals surface area contributed by atoms with Crippen LogP contribution in [-0.2, 0) is 6.54 Å². The monoisotopic (exact) mass is 249 g/mol.